The van der Waals surface area contributed by atoms with Crippen molar-refractivity contribution in [2.45, 2.75) is 10.1 Å². The number of nitriles is 1. The van der Waals surface area contributed by atoms with E-state index < -0.39 is 4.92 Å². The van der Waals surface area contributed by atoms with E-state index in [1.54, 1.807) is 6.07 Å². The Morgan fingerprint density at radius 1 is 0.714 bits per heavy atom. The van der Waals surface area contributed by atoms with Crippen LogP contribution in [0.5, 0.6) is 0 Å². The van der Waals surface area contributed by atoms with E-state index in [2.05, 4.69) is 11.1 Å². The maximum absolute atomic E-state index is 11.8. The Hall–Kier alpha value is -6.63. The van der Waals surface area contributed by atoms with Crippen LogP contribution in [-0.4, -0.2) is 21.1 Å². The number of aromatic nitrogens is 2. The summed E-state index contributed by atoms with van der Waals surface area (Å²) in [4.78, 5) is 26.4. The van der Waals surface area contributed by atoms with Crippen molar-refractivity contribution in [1.29, 1.82) is 5.26 Å². The first-order valence-corrected chi connectivity index (χ1v) is 16.1. The SMILES string of the molecule is N#Cc1c(N=Cc2cc([N+](=O)[O-])ccc2Sc2nc(-c3ccccc3)cc(-c3ccccc3)n2)oc(-c2ccccc2)c1-c1ccccc1. The molecule has 0 amide bonds. The molecule has 0 saturated heterocycles. The van der Waals surface area contributed by atoms with E-state index in [4.69, 9.17) is 14.4 Å². The van der Waals surface area contributed by atoms with Crippen LogP contribution >= 0.6 is 11.8 Å². The molecule has 8 nitrogen and oxygen atoms in total. The second-order valence-electron chi connectivity index (χ2n) is 10.8. The zero-order chi connectivity index (χ0) is 33.6. The molecule has 9 heteroatoms. The third kappa shape index (κ3) is 6.76. The second kappa shape index (κ2) is 14.0. The van der Waals surface area contributed by atoms with Crippen LogP contribution in [0.3, 0.4) is 0 Å². The summed E-state index contributed by atoms with van der Waals surface area (Å²) >= 11 is 1.27. The molecule has 2 aromatic heterocycles. The average Bonchev–Trinajstić information content (AvgIpc) is 3.54. The van der Waals surface area contributed by atoms with Crippen LogP contribution in [0.2, 0.25) is 0 Å². The van der Waals surface area contributed by atoms with E-state index in [1.165, 1.54) is 30.1 Å². The van der Waals surface area contributed by atoms with Crippen LogP contribution in [0.4, 0.5) is 11.6 Å². The van der Waals surface area contributed by atoms with Gasteiger partial charge in [-0.2, -0.15) is 5.26 Å². The van der Waals surface area contributed by atoms with Gasteiger partial charge in [0.15, 0.2) is 5.16 Å². The zero-order valence-electron chi connectivity index (χ0n) is 25.8. The monoisotopic (exact) mass is 655 g/mol. The summed E-state index contributed by atoms with van der Waals surface area (Å²) in [5, 5.41) is 22.6. The molecule has 0 saturated carbocycles. The van der Waals surface area contributed by atoms with Gasteiger partial charge in [0.25, 0.3) is 5.69 Å². The van der Waals surface area contributed by atoms with Crippen LogP contribution in [0.15, 0.2) is 165 Å². The first-order valence-electron chi connectivity index (χ1n) is 15.3. The number of nitro groups is 1. The van der Waals surface area contributed by atoms with Crippen LogP contribution in [0.25, 0.3) is 45.0 Å². The van der Waals surface area contributed by atoms with Gasteiger partial charge in [0, 0.05) is 51.1 Å². The molecule has 7 aromatic rings. The van der Waals surface area contributed by atoms with E-state index >= 15 is 0 Å². The standard InChI is InChI=1S/C40H25N5O3S/c41-25-33-37(29-17-9-3-10-18-29)38(30-19-11-4-12-20-30)48-39(33)42-26-31-23-32(45(46)47)21-22-36(31)49-40-43-34(27-13-5-1-6-14-27)24-35(44-40)28-15-7-2-8-16-28/h1-24,26H. The normalized spacial score (nSPS) is 11.0. The average molecular weight is 656 g/mol. The van der Waals surface area contributed by atoms with Crippen LogP contribution in [0.1, 0.15) is 11.1 Å². The maximum Gasteiger partial charge on any atom is 0.270 e. The van der Waals surface area contributed by atoms with E-state index in [0.29, 0.717) is 26.9 Å². The fraction of sp³-hybridized carbons (Fsp3) is 0. The van der Waals surface area contributed by atoms with E-state index in [9.17, 15) is 15.4 Å². The Bertz CT molecular complexity index is 2280. The highest BCUT2D eigenvalue weighted by atomic mass is 32.2. The highest BCUT2D eigenvalue weighted by Gasteiger charge is 2.23. The molecule has 2 heterocycles. The molecule has 0 N–H and O–H groups in total. The van der Waals surface area contributed by atoms with Crippen molar-refractivity contribution in [3.8, 4) is 51.0 Å². The highest BCUT2D eigenvalue weighted by Crippen LogP contribution is 2.43. The fourth-order valence-electron chi connectivity index (χ4n) is 5.34. The summed E-state index contributed by atoms with van der Waals surface area (Å²) in [7, 11) is 0. The Morgan fingerprint density at radius 2 is 1.24 bits per heavy atom. The number of rotatable bonds is 9. The first kappa shape index (κ1) is 31.0. The number of non-ortho nitro benzene ring substituents is 1. The molecule has 0 unspecified atom stereocenters. The molecule has 0 atom stereocenters. The molecular formula is C40H25N5O3S. The Kier molecular flexibility index (Phi) is 8.86. The largest absolute Gasteiger partial charge is 0.436 e. The molecule has 7 rings (SSSR count). The predicted molar refractivity (Wildman–Crippen MR) is 192 cm³/mol. The number of hydrogen-bond acceptors (Lipinski definition) is 8. The molecule has 5 aromatic carbocycles. The van der Waals surface area contributed by atoms with Gasteiger partial charge < -0.3 is 4.42 Å². The molecule has 0 bridgehead atoms. The van der Waals surface area contributed by atoms with Crippen molar-refractivity contribution in [2.75, 3.05) is 0 Å². The molecule has 0 aliphatic heterocycles. The third-order valence-electron chi connectivity index (χ3n) is 7.67. The molecule has 0 radical (unpaired) electrons. The van der Waals surface area contributed by atoms with Crippen molar-refractivity contribution in [3.63, 3.8) is 0 Å². The zero-order valence-corrected chi connectivity index (χ0v) is 26.6. The number of nitrogens with zero attached hydrogens (tertiary/aromatic N) is 5. The molecule has 0 aliphatic carbocycles. The molecule has 0 spiro atoms. The molecule has 0 fully saturated rings. The quantitative estimate of drug-likeness (QED) is 0.0657. The lowest BCUT2D eigenvalue weighted by atomic mass is 9.98. The summed E-state index contributed by atoms with van der Waals surface area (Å²) in [6, 6.07) is 47.4. The van der Waals surface area contributed by atoms with Gasteiger partial charge in [-0.1, -0.05) is 121 Å². The number of furan rings is 1. The summed E-state index contributed by atoms with van der Waals surface area (Å²) in [6.07, 6.45) is 1.48. The van der Waals surface area contributed by atoms with Crippen molar-refractivity contribution in [3.05, 3.63) is 167 Å². The van der Waals surface area contributed by atoms with Crippen molar-refractivity contribution < 1.29 is 9.34 Å². The van der Waals surface area contributed by atoms with Gasteiger partial charge >= 0.3 is 0 Å². The van der Waals surface area contributed by atoms with Crippen molar-refractivity contribution in [2.24, 2.45) is 4.99 Å². The molecule has 0 aliphatic rings. The van der Waals surface area contributed by atoms with Gasteiger partial charge in [-0.05, 0) is 29.5 Å². The van der Waals surface area contributed by atoms with Crippen LogP contribution in [0, 0.1) is 21.4 Å². The third-order valence-corrected chi connectivity index (χ3v) is 8.63. The molecule has 49 heavy (non-hydrogen) atoms. The minimum Gasteiger partial charge on any atom is -0.436 e. The number of aliphatic imine (C=N–C) groups is 1. The second-order valence-corrected chi connectivity index (χ2v) is 11.8. The van der Waals surface area contributed by atoms with Gasteiger partial charge in [0.05, 0.1) is 16.3 Å². The van der Waals surface area contributed by atoms with Crippen molar-refractivity contribution in [1.82, 2.24) is 9.97 Å². The lowest BCUT2D eigenvalue weighted by Crippen LogP contribution is -1.96. The van der Waals surface area contributed by atoms with E-state index in [0.717, 1.165) is 33.6 Å². The van der Waals surface area contributed by atoms with E-state index in [1.807, 2.05) is 127 Å². The summed E-state index contributed by atoms with van der Waals surface area (Å²) in [6.45, 7) is 0. The van der Waals surface area contributed by atoms with Crippen LogP contribution in [-0.2, 0) is 0 Å². The summed E-state index contributed by atoms with van der Waals surface area (Å²) < 4.78 is 6.28. The fourth-order valence-corrected chi connectivity index (χ4v) is 6.19. The summed E-state index contributed by atoms with van der Waals surface area (Å²) in [5.74, 6) is 0.597. The Balaban J connectivity index is 1.33. The number of hydrogen-bond donors (Lipinski definition) is 0. The highest BCUT2D eigenvalue weighted by molar-refractivity contribution is 7.99. The Labute approximate surface area is 286 Å². The predicted octanol–water partition coefficient (Wildman–Crippen LogP) is 10.4. The van der Waals surface area contributed by atoms with Crippen LogP contribution < -0.4 is 0 Å². The minimum atomic E-state index is -0.458. The van der Waals surface area contributed by atoms with E-state index in [-0.39, 0.29) is 17.1 Å². The summed E-state index contributed by atoms with van der Waals surface area (Å²) in [5.41, 5.74) is 6.15. The van der Waals surface area contributed by atoms with Gasteiger partial charge in [-0.3, -0.25) is 10.1 Å². The van der Waals surface area contributed by atoms with Gasteiger partial charge in [-0.15, -0.1) is 0 Å². The lowest BCUT2D eigenvalue weighted by Gasteiger charge is -2.10. The lowest BCUT2D eigenvalue weighted by molar-refractivity contribution is -0.384. The topological polar surface area (TPSA) is 118 Å². The Morgan fingerprint density at radius 3 is 1.78 bits per heavy atom. The van der Waals surface area contributed by atoms with Gasteiger partial charge in [0.2, 0.25) is 5.88 Å². The van der Waals surface area contributed by atoms with Gasteiger partial charge in [-0.25, -0.2) is 15.0 Å². The number of benzene rings is 5. The smallest absolute Gasteiger partial charge is 0.270 e. The maximum atomic E-state index is 11.8. The molecular weight excluding hydrogens is 631 g/mol. The number of nitro benzene ring substituents is 1. The minimum absolute atomic E-state index is 0.0938. The van der Waals surface area contributed by atoms with Crippen molar-refractivity contribution >= 4 is 29.5 Å². The van der Waals surface area contributed by atoms with Gasteiger partial charge in [0.1, 0.15) is 17.4 Å². The molecule has 234 valence electrons. The first-order chi connectivity index (χ1) is 24.1.